The molecule has 6 nitrogen and oxygen atoms in total. The van der Waals surface area contributed by atoms with E-state index in [1.807, 2.05) is 24.3 Å². The van der Waals surface area contributed by atoms with Crippen LogP contribution in [0.5, 0.6) is 11.5 Å². The van der Waals surface area contributed by atoms with Gasteiger partial charge in [-0.25, -0.2) is 0 Å². The van der Waals surface area contributed by atoms with Crippen LogP contribution in [0.3, 0.4) is 0 Å². The Labute approximate surface area is 150 Å². The van der Waals surface area contributed by atoms with Gasteiger partial charge < -0.3 is 9.84 Å². The molecule has 0 aliphatic rings. The summed E-state index contributed by atoms with van der Waals surface area (Å²) in [6.45, 7) is 0. The lowest BCUT2D eigenvalue weighted by atomic mass is 10.2. The average Bonchev–Trinajstić information content (AvgIpc) is 3.03. The Morgan fingerprint density at radius 2 is 2.00 bits per heavy atom. The largest absolute Gasteiger partial charge is 0.507 e. The van der Waals surface area contributed by atoms with E-state index in [1.54, 1.807) is 13.2 Å². The quantitative estimate of drug-likeness (QED) is 0.686. The summed E-state index contributed by atoms with van der Waals surface area (Å²) in [7, 11) is 1.60. The lowest BCUT2D eigenvalue weighted by Gasteiger charge is -2.04. The molecule has 0 atom stereocenters. The van der Waals surface area contributed by atoms with Crippen molar-refractivity contribution in [2.45, 2.75) is 0 Å². The second kappa shape index (κ2) is 6.98. The summed E-state index contributed by atoms with van der Waals surface area (Å²) in [5.41, 5.74) is 0.985. The maximum atomic E-state index is 12.2. The number of aromatic nitrogens is 2. The second-order valence-electron chi connectivity index (χ2n) is 4.77. The van der Waals surface area contributed by atoms with E-state index >= 15 is 0 Å². The number of nitrogens with one attached hydrogen (secondary N) is 1. The molecule has 0 spiro atoms. The Morgan fingerprint density at radius 3 is 2.67 bits per heavy atom. The molecular weight excluding hydrogens is 394 g/mol. The van der Waals surface area contributed by atoms with E-state index in [-0.39, 0.29) is 11.3 Å². The summed E-state index contributed by atoms with van der Waals surface area (Å²) in [6.07, 6.45) is 0. The molecule has 122 valence electrons. The number of carbonyl (C=O) groups excluding carboxylic acids is 1. The standard InChI is InChI=1S/C16H12BrN3O3S/c1-23-11-5-2-9(3-6-11)14-18-16(24-20-14)19-15(22)12-7-4-10(17)8-13(12)21/h2-8,21H,1H3,(H,18,19,20,22). The van der Waals surface area contributed by atoms with E-state index in [4.69, 9.17) is 4.74 Å². The van der Waals surface area contributed by atoms with Gasteiger partial charge in [0.15, 0.2) is 5.82 Å². The van der Waals surface area contributed by atoms with Crippen molar-refractivity contribution in [1.82, 2.24) is 9.36 Å². The van der Waals surface area contributed by atoms with Gasteiger partial charge in [0.2, 0.25) is 5.13 Å². The van der Waals surface area contributed by atoms with Crippen LogP contribution in [0.25, 0.3) is 11.4 Å². The molecule has 0 fully saturated rings. The minimum absolute atomic E-state index is 0.109. The molecular formula is C16H12BrN3O3S. The van der Waals surface area contributed by atoms with Gasteiger partial charge in [0.25, 0.3) is 5.91 Å². The molecule has 2 aromatic carbocycles. The first kappa shape index (κ1) is 16.4. The van der Waals surface area contributed by atoms with Crippen LogP contribution in [0.1, 0.15) is 10.4 Å². The smallest absolute Gasteiger partial charge is 0.261 e. The molecule has 24 heavy (non-hydrogen) atoms. The van der Waals surface area contributed by atoms with Crippen molar-refractivity contribution < 1.29 is 14.6 Å². The van der Waals surface area contributed by atoms with Gasteiger partial charge in [0.05, 0.1) is 12.7 Å². The highest BCUT2D eigenvalue weighted by atomic mass is 79.9. The minimum Gasteiger partial charge on any atom is -0.507 e. The number of hydrogen-bond acceptors (Lipinski definition) is 6. The number of hydrogen-bond donors (Lipinski definition) is 2. The number of rotatable bonds is 4. The van der Waals surface area contributed by atoms with Gasteiger partial charge in [-0.3, -0.25) is 10.1 Å². The van der Waals surface area contributed by atoms with Gasteiger partial charge >= 0.3 is 0 Å². The summed E-state index contributed by atoms with van der Waals surface area (Å²) in [4.78, 5) is 16.5. The third-order valence-corrected chi connectivity index (χ3v) is 4.32. The molecule has 1 amide bonds. The van der Waals surface area contributed by atoms with Gasteiger partial charge in [0, 0.05) is 21.6 Å². The molecule has 2 N–H and O–H groups in total. The number of phenols is 1. The fourth-order valence-electron chi connectivity index (χ4n) is 1.99. The highest BCUT2D eigenvalue weighted by Crippen LogP contribution is 2.26. The zero-order valence-electron chi connectivity index (χ0n) is 12.5. The Bertz CT molecular complexity index is 881. The molecule has 0 saturated heterocycles. The van der Waals surface area contributed by atoms with Gasteiger partial charge in [-0.1, -0.05) is 15.9 Å². The Morgan fingerprint density at radius 1 is 1.25 bits per heavy atom. The SMILES string of the molecule is COc1ccc(-c2nsc(NC(=O)c3ccc(Br)cc3O)n2)cc1. The molecule has 8 heteroatoms. The number of aromatic hydroxyl groups is 1. The van der Waals surface area contributed by atoms with Gasteiger partial charge in [-0.15, -0.1) is 0 Å². The maximum absolute atomic E-state index is 12.2. The van der Waals surface area contributed by atoms with E-state index in [1.165, 1.54) is 12.1 Å². The number of methoxy groups -OCH3 is 1. The Hall–Kier alpha value is -2.45. The number of carbonyl (C=O) groups is 1. The zero-order valence-corrected chi connectivity index (χ0v) is 14.9. The number of benzene rings is 2. The van der Waals surface area contributed by atoms with Gasteiger partial charge in [0.1, 0.15) is 11.5 Å². The van der Waals surface area contributed by atoms with Crippen LogP contribution >= 0.6 is 27.5 Å². The van der Waals surface area contributed by atoms with Crippen LogP contribution in [-0.2, 0) is 0 Å². The molecule has 0 aliphatic carbocycles. The molecule has 1 heterocycles. The van der Waals surface area contributed by atoms with Crippen LogP contribution in [-0.4, -0.2) is 27.5 Å². The summed E-state index contributed by atoms with van der Waals surface area (Å²) in [5, 5.41) is 12.8. The summed E-state index contributed by atoms with van der Waals surface area (Å²) >= 11 is 4.30. The van der Waals surface area contributed by atoms with Crippen LogP contribution in [0.15, 0.2) is 46.9 Å². The highest BCUT2D eigenvalue weighted by molar-refractivity contribution is 9.10. The van der Waals surface area contributed by atoms with E-state index in [0.29, 0.717) is 15.4 Å². The van der Waals surface area contributed by atoms with Gasteiger partial charge in [-0.2, -0.15) is 9.36 Å². The van der Waals surface area contributed by atoms with Crippen molar-refractivity contribution in [3.63, 3.8) is 0 Å². The normalized spacial score (nSPS) is 10.4. The molecule has 3 aromatic rings. The summed E-state index contributed by atoms with van der Waals surface area (Å²) in [5.74, 6) is 0.699. The van der Waals surface area contributed by atoms with Crippen molar-refractivity contribution >= 4 is 38.5 Å². The zero-order chi connectivity index (χ0) is 17.1. The predicted molar refractivity (Wildman–Crippen MR) is 95.7 cm³/mol. The fraction of sp³-hybridized carbons (Fsp3) is 0.0625. The summed E-state index contributed by atoms with van der Waals surface area (Å²) < 4.78 is 10.0. The third-order valence-electron chi connectivity index (χ3n) is 3.20. The average molecular weight is 406 g/mol. The van der Waals surface area contributed by atoms with Crippen LogP contribution in [0, 0.1) is 0 Å². The predicted octanol–water partition coefficient (Wildman–Crippen LogP) is 3.93. The van der Waals surface area contributed by atoms with Crippen molar-refractivity contribution in [2.75, 3.05) is 12.4 Å². The van der Waals surface area contributed by atoms with Crippen LogP contribution in [0.4, 0.5) is 5.13 Å². The number of amides is 1. The number of ether oxygens (including phenoxy) is 1. The number of phenolic OH excluding ortho intramolecular Hbond substituents is 1. The van der Waals surface area contributed by atoms with E-state index < -0.39 is 5.91 Å². The first-order valence-corrected chi connectivity index (χ1v) is 8.41. The first-order chi connectivity index (χ1) is 11.6. The topological polar surface area (TPSA) is 84.3 Å². The second-order valence-corrected chi connectivity index (χ2v) is 6.43. The number of halogens is 1. The monoisotopic (exact) mass is 405 g/mol. The molecule has 0 saturated carbocycles. The maximum Gasteiger partial charge on any atom is 0.261 e. The lowest BCUT2D eigenvalue weighted by molar-refractivity contribution is 0.102. The van der Waals surface area contributed by atoms with Gasteiger partial charge in [-0.05, 0) is 42.5 Å². The minimum atomic E-state index is -0.447. The van der Waals surface area contributed by atoms with E-state index in [9.17, 15) is 9.90 Å². The number of anilines is 1. The molecule has 0 bridgehead atoms. The van der Waals surface area contributed by atoms with Crippen molar-refractivity contribution in [2.24, 2.45) is 0 Å². The molecule has 0 aliphatic heterocycles. The van der Waals surface area contributed by atoms with Crippen molar-refractivity contribution in [3.8, 4) is 22.9 Å². The van der Waals surface area contributed by atoms with E-state index in [2.05, 4.69) is 30.6 Å². The Balaban J connectivity index is 1.76. The fourth-order valence-corrected chi connectivity index (χ4v) is 2.93. The molecule has 1 aromatic heterocycles. The first-order valence-electron chi connectivity index (χ1n) is 6.85. The lowest BCUT2D eigenvalue weighted by Crippen LogP contribution is -2.11. The van der Waals surface area contributed by atoms with Crippen LogP contribution < -0.4 is 10.1 Å². The molecule has 0 unspecified atom stereocenters. The number of nitrogens with zero attached hydrogens (tertiary/aromatic N) is 2. The Kier molecular flexibility index (Phi) is 4.77. The molecule has 0 radical (unpaired) electrons. The van der Waals surface area contributed by atoms with Crippen LogP contribution in [0.2, 0.25) is 0 Å². The van der Waals surface area contributed by atoms with Crippen molar-refractivity contribution in [1.29, 1.82) is 0 Å². The highest BCUT2D eigenvalue weighted by Gasteiger charge is 2.14. The third kappa shape index (κ3) is 3.55. The summed E-state index contributed by atoms with van der Waals surface area (Å²) in [6, 6.07) is 12.0. The van der Waals surface area contributed by atoms with E-state index in [0.717, 1.165) is 22.8 Å². The van der Waals surface area contributed by atoms with Crippen molar-refractivity contribution in [3.05, 3.63) is 52.5 Å². The molecule has 3 rings (SSSR count).